The molecule has 2 fully saturated rings. The Kier molecular flexibility index (Phi) is 6.05. The maximum atomic E-state index is 11.4. The molecule has 0 spiro atoms. The first-order valence-electron chi connectivity index (χ1n) is 12.1. The van der Waals surface area contributed by atoms with Crippen molar-refractivity contribution >= 4 is 34.1 Å². The van der Waals surface area contributed by atoms with Crippen LogP contribution in [0.4, 0.5) is 0 Å². The number of aromatic nitrogens is 2. The number of pyridine rings is 1. The van der Waals surface area contributed by atoms with Crippen LogP contribution < -0.4 is 0 Å². The predicted octanol–water partition coefficient (Wildman–Crippen LogP) is 7.42. The molecular weight excluding hydrogens is 483 g/mol. The van der Waals surface area contributed by atoms with E-state index in [-0.39, 0.29) is 6.10 Å². The second kappa shape index (κ2) is 9.21. The molecule has 0 radical (unpaired) electrons. The summed E-state index contributed by atoms with van der Waals surface area (Å²) >= 11 is 13.0. The minimum absolute atomic E-state index is 0.0466. The van der Waals surface area contributed by atoms with E-state index in [1.165, 1.54) is 0 Å². The molecule has 2 heterocycles. The zero-order valence-electron chi connectivity index (χ0n) is 19.2. The number of hydrogen-bond donors (Lipinski definition) is 1. The standard InChI is InChI=1S/C28H26Cl2N2O3/c29-22-4-1-5-23(30)25(22)26-21(27(35-32-26)18-6-7-18)16-34-20-10-12-28(33,13-11-20)19-9-8-17-3-2-14-31-24(17)15-19/h1-5,8-9,14-15,18,20,33H,6-7,10-13,16H2/t20-,28+. The van der Waals surface area contributed by atoms with Gasteiger partial charge < -0.3 is 14.4 Å². The van der Waals surface area contributed by atoms with Gasteiger partial charge in [0.1, 0.15) is 11.5 Å². The van der Waals surface area contributed by atoms with E-state index in [2.05, 4.69) is 10.1 Å². The molecule has 35 heavy (non-hydrogen) atoms. The number of benzene rings is 2. The Hall–Kier alpha value is -2.44. The van der Waals surface area contributed by atoms with Crippen LogP contribution in [0.1, 0.15) is 61.3 Å². The van der Waals surface area contributed by atoms with Gasteiger partial charge in [-0.05, 0) is 68.4 Å². The van der Waals surface area contributed by atoms with Crippen molar-refractivity contribution in [1.29, 1.82) is 0 Å². The molecule has 0 saturated heterocycles. The molecule has 0 aliphatic heterocycles. The fraction of sp³-hybridized carbons (Fsp3) is 0.357. The lowest BCUT2D eigenvalue weighted by Gasteiger charge is -2.36. The number of fused-ring (bicyclic) bond motifs is 1. The molecule has 7 heteroatoms. The van der Waals surface area contributed by atoms with Gasteiger partial charge in [-0.25, -0.2) is 0 Å². The molecule has 2 aromatic heterocycles. The maximum absolute atomic E-state index is 11.4. The normalized spacial score (nSPS) is 22.5. The Bertz CT molecular complexity index is 1350. The predicted molar refractivity (Wildman–Crippen MR) is 137 cm³/mol. The molecule has 2 aliphatic carbocycles. The third-order valence-electron chi connectivity index (χ3n) is 7.33. The Labute approximate surface area is 214 Å². The Balaban J connectivity index is 1.18. The third kappa shape index (κ3) is 4.47. The van der Waals surface area contributed by atoms with Crippen LogP contribution in [-0.4, -0.2) is 21.4 Å². The van der Waals surface area contributed by atoms with Gasteiger partial charge in [-0.3, -0.25) is 4.98 Å². The van der Waals surface area contributed by atoms with Crippen LogP contribution in [0.15, 0.2) is 59.3 Å². The molecule has 4 aromatic rings. The molecule has 0 amide bonds. The third-order valence-corrected chi connectivity index (χ3v) is 7.96. The molecule has 2 aromatic carbocycles. The minimum Gasteiger partial charge on any atom is -0.385 e. The number of hydrogen-bond acceptors (Lipinski definition) is 5. The minimum atomic E-state index is -0.863. The van der Waals surface area contributed by atoms with Crippen LogP contribution in [0.5, 0.6) is 0 Å². The average molecular weight is 509 g/mol. The van der Waals surface area contributed by atoms with Gasteiger partial charge in [-0.15, -0.1) is 0 Å². The lowest BCUT2D eigenvalue weighted by molar-refractivity contribution is -0.0640. The van der Waals surface area contributed by atoms with E-state index in [0.29, 0.717) is 46.7 Å². The summed E-state index contributed by atoms with van der Waals surface area (Å²) in [7, 11) is 0. The van der Waals surface area contributed by atoms with Crippen LogP contribution in [0, 0.1) is 0 Å². The second-order valence-corrected chi connectivity index (χ2v) is 10.5. The summed E-state index contributed by atoms with van der Waals surface area (Å²) < 4.78 is 12.1. The van der Waals surface area contributed by atoms with Crippen LogP contribution in [-0.2, 0) is 16.9 Å². The van der Waals surface area contributed by atoms with E-state index in [1.807, 2.05) is 48.5 Å². The molecular formula is C28H26Cl2N2O3. The monoisotopic (exact) mass is 508 g/mol. The molecule has 5 nitrogen and oxygen atoms in total. The first kappa shape index (κ1) is 23.0. The van der Waals surface area contributed by atoms with E-state index in [0.717, 1.165) is 53.5 Å². The van der Waals surface area contributed by atoms with Gasteiger partial charge in [0.15, 0.2) is 0 Å². The summed E-state index contributed by atoms with van der Waals surface area (Å²) in [4.78, 5) is 4.44. The van der Waals surface area contributed by atoms with Gasteiger partial charge in [0.05, 0.1) is 33.9 Å². The SMILES string of the molecule is O[C@]1(c2ccc3cccnc3c2)CC[C@H](OCc2c(-c3c(Cl)cccc3Cl)noc2C2CC2)CC1. The summed E-state index contributed by atoms with van der Waals surface area (Å²) in [6.07, 6.45) is 6.82. The molecule has 180 valence electrons. The first-order valence-corrected chi connectivity index (χ1v) is 12.9. The smallest absolute Gasteiger partial charge is 0.145 e. The van der Waals surface area contributed by atoms with E-state index in [9.17, 15) is 5.11 Å². The Morgan fingerprint density at radius 1 is 1.00 bits per heavy atom. The Morgan fingerprint density at radius 3 is 2.51 bits per heavy atom. The van der Waals surface area contributed by atoms with Gasteiger partial charge >= 0.3 is 0 Å². The van der Waals surface area contributed by atoms with Crippen molar-refractivity contribution in [2.75, 3.05) is 0 Å². The summed E-state index contributed by atoms with van der Waals surface area (Å²) in [6.45, 7) is 0.384. The fourth-order valence-corrected chi connectivity index (χ4v) is 5.71. The topological polar surface area (TPSA) is 68.4 Å². The highest BCUT2D eigenvalue weighted by atomic mass is 35.5. The summed E-state index contributed by atoms with van der Waals surface area (Å²) in [5.74, 6) is 1.26. The van der Waals surface area contributed by atoms with Crippen molar-refractivity contribution in [3.05, 3.63) is 81.7 Å². The lowest BCUT2D eigenvalue weighted by atomic mass is 9.78. The first-order chi connectivity index (χ1) is 17.0. The highest BCUT2D eigenvalue weighted by Crippen LogP contribution is 2.46. The van der Waals surface area contributed by atoms with Crippen molar-refractivity contribution in [2.24, 2.45) is 0 Å². The molecule has 0 bridgehead atoms. The summed E-state index contributed by atoms with van der Waals surface area (Å²) in [6, 6.07) is 15.5. The number of nitrogens with zero attached hydrogens (tertiary/aromatic N) is 2. The van der Waals surface area contributed by atoms with E-state index >= 15 is 0 Å². The largest absolute Gasteiger partial charge is 0.385 e. The Morgan fingerprint density at radius 2 is 1.77 bits per heavy atom. The van der Waals surface area contributed by atoms with Gasteiger partial charge in [-0.1, -0.05) is 52.6 Å². The summed E-state index contributed by atoms with van der Waals surface area (Å²) in [5, 5.41) is 17.9. The van der Waals surface area contributed by atoms with Crippen LogP contribution >= 0.6 is 23.2 Å². The number of halogens is 2. The highest BCUT2D eigenvalue weighted by Gasteiger charge is 2.37. The van der Waals surface area contributed by atoms with Crippen LogP contribution in [0.25, 0.3) is 22.2 Å². The maximum Gasteiger partial charge on any atom is 0.145 e. The number of rotatable bonds is 6. The van der Waals surface area contributed by atoms with Gasteiger partial charge in [0.2, 0.25) is 0 Å². The van der Waals surface area contributed by atoms with Gasteiger partial charge in [0.25, 0.3) is 0 Å². The highest BCUT2D eigenvalue weighted by molar-refractivity contribution is 6.39. The number of aliphatic hydroxyl groups is 1. The molecule has 0 unspecified atom stereocenters. The van der Waals surface area contributed by atoms with E-state index in [4.69, 9.17) is 32.5 Å². The van der Waals surface area contributed by atoms with Crippen LogP contribution in [0.2, 0.25) is 10.0 Å². The van der Waals surface area contributed by atoms with Crippen molar-refractivity contribution in [1.82, 2.24) is 10.1 Å². The van der Waals surface area contributed by atoms with Crippen molar-refractivity contribution in [3.63, 3.8) is 0 Å². The van der Waals surface area contributed by atoms with E-state index in [1.54, 1.807) is 6.20 Å². The lowest BCUT2D eigenvalue weighted by Crippen LogP contribution is -2.34. The number of ether oxygens (including phenoxy) is 1. The average Bonchev–Trinajstić information content (AvgIpc) is 3.64. The van der Waals surface area contributed by atoms with Gasteiger partial charge in [0, 0.05) is 28.6 Å². The van der Waals surface area contributed by atoms with Gasteiger partial charge in [-0.2, -0.15) is 0 Å². The zero-order chi connectivity index (χ0) is 24.0. The van der Waals surface area contributed by atoms with Crippen molar-refractivity contribution in [3.8, 4) is 11.3 Å². The molecule has 6 rings (SSSR count). The van der Waals surface area contributed by atoms with Crippen LogP contribution in [0.3, 0.4) is 0 Å². The van der Waals surface area contributed by atoms with E-state index < -0.39 is 5.60 Å². The summed E-state index contributed by atoms with van der Waals surface area (Å²) in [5.41, 5.74) is 3.25. The molecule has 2 saturated carbocycles. The molecule has 2 aliphatic rings. The van der Waals surface area contributed by atoms with Crippen molar-refractivity contribution in [2.45, 2.75) is 62.8 Å². The molecule has 0 atom stereocenters. The fourth-order valence-electron chi connectivity index (χ4n) is 5.13. The zero-order valence-corrected chi connectivity index (χ0v) is 20.7. The molecule has 1 N–H and O–H groups in total. The second-order valence-electron chi connectivity index (χ2n) is 9.70. The quantitative estimate of drug-likeness (QED) is 0.293. The van der Waals surface area contributed by atoms with Crippen molar-refractivity contribution < 1.29 is 14.4 Å².